The predicted molar refractivity (Wildman–Crippen MR) is 64.3 cm³/mol. The number of hydrogen-bond donors (Lipinski definition) is 3. The highest BCUT2D eigenvalue weighted by Crippen LogP contribution is 2.20. The molecule has 0 bridgehead atoms. The van der Waals surface area contributed by atoms with Crippen LogP contribution < -0.4 is 16.6 Å². The molecule has 0 aromatic rings. The first-order valence-corrected chi connectivity index (χ1v) is 6.28. The van der Waals surface area contributed by atoms with Gasteiger partial charge in [0.25, 0.3) is 5.91 Å². The average Bonchev–Trinajstić information content (AvgIpc) is 3.20. The monoisotopic (exact) mass is 256 g/mol. The van der Waals surface area contributed by atoms with Gasteiger partial charge < -0.3 is 10.1 Å². The second-order valence-electron chi connectivity index (χ2n) is 4.80. The Morgan fingerprint density at radius 1 is 1.44 bits per heavy atom. The topological polar surface area (TPSA) is 96.7 Å². The Hall–Kier alpha value is -1.18. The third kappa shape index (κ3) is 2.98. The van der Waals surface area contributed by atoms with Crippen LogP contribution in [0.25, 0.3) is 0 Å². The van der Waals surface area contributed by atoms with Crippen molar-refractivity contribution in [2.24, 2.45) is 5.84 Å². The van der Waals surface area contributed by atoms with Gasteiger partial charge in [-0.25, -0.2) is 5.84 Å². The molecule has 1 saturated heterocycles. The molecule has 0 spiro atoms. The number of nitrogens with one attached hydrogen (secondary N) is 2. The molecule has 0 radical (unpaired) electrons. The Kier molecular flexibility index (Phi) is 4.15. The predicted octanol–water partition coefficient (Wildman–Crippen LogP) is -1.66. The van der Waals surface area contributed by atoms with Crippen molar-refractivity contribution in [2.45, 2.75) is 37.9 Å². The minimum absolute atomic E-state index is 0.0612. The van der Waals surface area contributed by atoms with Gasteiger partial charge in [-0.2, -0.15) is 0 Å². The molecule has 4 N–H and O–H groups in total. The smallest absolute Gasteiger partial charge is 0.250 e. The van der Waals surface area contributed by atoms with E-state index in [1.165, 1.54) is 0 Å². The van der Waals surface area contributed by atoms with Gasteiger partial charge in [0.2, 0.25) is 5.91 Å². The van der Waals surface area contributed by atoms with Gasteiger partial charge in [-0.15, -0.1) is 0 Å². The first-order chi connectivity index (χ1) is 8.63. The SMILES string of the molecule is CC(C(=O)NN)N1CCOCC1C(=O)NC1CC1. The zero-order chi connectivity index (χ0) is 13.1. The van der Waals surface area contributed by atoms with E-state index < -0.39 is 12.1 Å². The van der Waals surface area contributed by atoms with Crippen molar-refractivity contribution in [3.63, 3.8) is 0 Å². The van der Waals surface area contributed by atoms with Crippen molar-refractivity contribution in [2.75, 3.05) is 19.8 Å². The number of rotatable bonds is 4. The largest absolute Gasteiger partial charge is 0.378 e. The van der Waals surface area contributed by atoms with Crippen molar-refractivity contribution in [3.8, 4) is 0 Å². The number of carbonyl (C=O) groups excluding carboxylic acids is 2. The molecule has 1 aliphatic carbocycles. The number of morpholine rings is 1. The Labute approximate surface area is 106 Å². The Morgan fingerprint density at radius 2 is 2.17 bits per heavy atom. The number of hydrogen-bond acceptors (Lipinski definition) is 5. The zero-order valence-corrected chi connectivity index (χ0v) is 10.5. The quantitative estimate of drug-likeness (QED) is 0.318. The molecule has 7 nitrogen and oxygen atoms in total. The van der Waals surface area contributed by atoms with E-state index in [1.54, 1.807) is 6.92 Å². The number of carbonyl (C=O) groups is 2. The molecule has 7 heteroatoms. The van der Waals surface area contributed by atoms with Crippen LogP contribution in [0.1, 0.15) is 19.8 Å². The Bertz CT molecular complexity index is 332. The summed E-state index contributed by atoms with van der Waals surface area (Å²) in [6.07, 6.45) is 2.08. The summed E-state index contributed by atoms with van der Waals surface area (Å²) in [5, 5.41) is 2.94. The maximum atomic E-state index is 12.1. The van der Waals surface area contributed by atoms with Gasteiger partial charge in [-0.1, -0.05) is 0 Å². The van der Waals surface area contributed by atoms with E-state index in [4.69, 9.17) is 10.6 Å². The van der Waals surface area contributed by atoms with E-state index in [0.717, 1.165) is 12.8 Å². The number of nitrogens with two attached hydrogens (primary N) is 1. The lowest BCUT2D eigenvalue weighted by Gasteiger charge is -2.37. The van der Waals surface area contributed by atoms with Crippen LogP contribution >= 0.6 is 0 Å². The molecule has 2 fully saturated rings. The average molecular weight is 256 g/mol. The molecule has 2 rings (SSSR count). The van der Waals surface area contributed by atoms with E-state index in [9.17, 15) is 9.59 Å². The molecule has 1 aliphatic heterocycles. The first kappa shape index (κ1) is 13.3. The molecule has 2 atom stereocenters. The summed E-state index contributed by atoms with van der Waals surface area (Å²) in [5.41, 5.74) is 2.12. The third-order valence-corrected chi connectivity index (χ3v) is 3.42. The van der Waals surface area contributed by atoms with Crippen LogP contribution in [0.15, 0.2) is 0 Å². The Balaban J connectivity index is 1.99. The fourth-order valence-corrected chi connectivity index (χ4v) is 2.10. The highest BCUT2D eigenvalue weighted by molar-refractivity contribution is 5.85. The Morgan fingerprint density at radius 3 is 2.78 bits per heavy atom. The van der Waals surface area contributed by atoms with Gasteiger partial charge in [0.1, 0.15) is 6.04 Å². The summed E-state index contributed by atoms with van der Waals surface area (Å²) in [6, 6.07) is -0.541. The van der Waals surface area contributed by atoms with Gasteiger partial charge in [0.05, 0.1) is 19.3 Å². The van der Waals surface area contributed by atoms with E-state index in [2.05, 4.69) is 10.7 Å². The van der Waals surface area contributed by atoms with Gasteiger partial charge in [-0.05, 0) is 19.8 Å². The minimum Gasteiger partial charge on any atom is -0.378 e. The van der Waals surface area contributed by atoms with Gasteiger partial charge >= 0.3 is 0 Å². The van der Waals surface area contributed by atoms with Crippen molar-refractivity contribution in [1.82, 2.24) is 15.6 Å². The summed E-state index contributed by atoms with van der Waals surface area (Å²) < 4.78 is 5.33. The van der Waals surface area contributed by atoms with Crippen LogP contribution in [0.3, 0.4) is 0 Å². The number of nitrogens with zero attached hydrogens (tertiary/aromatic N) is 1. The summed E-state index contributed by atoms with van der Waals surface area (Å²) in [6.45, 7) is 3.14. The molecule has 1 saturated carbocycles. The molecule has 0 aromatic heterocycles. The molecule has 2 aliphatic rings. The number of ether oxygens (including phenoxy) is 1. The van der Waals surface area contributed by atoms with Crippen molar-refractivity contribution >= 4 is 11.8 Å². The van der Waals surface area contributed by atoms with Crippen molar-refractivity contribution in [3.05, 3.63) is 0 Å². The molecule has 0 aromatic carbocycles. The van der Waals surface area contributed by atoms with Crippen LogP contribution in [-0.2, 0) is 14.3 Å². The molecular weight excluding hydrogens is 236 g/mol. The highest BCUT2D eigenvalue weighted by Gasteiger charge is 2.37. The van der Waals surface area contributed by atoms with Gasteiger partial charge in [-0.3, -0.25) is 19.9 Å². The van der Waals surface area contributed by atoms with E-state index >= 15 is 0 Å². The molecule has 102 valence electrons. The van der Waals surface area contributed by atoms with Crippen molar-refractivity contribution in [1.29, 1.82) is 0 Å². The van der Waals surface area contributed by atoms with Crippen molar-refractivity contribution < 1.29 is 14.3 Å². The van der Waals surface area contributed by atoms with E-state index in [0.29, 0.717) is 25.8 Å². The summed E-state index contributed by atoms with van der Waals surface area (Å²) in [5.74, 6) is 4.78. The van der Waals surface area contributed by atoms with Crippen LogP contribution in [0.5, 0.6) is 0 Å². The van der Waals surface area contributed by atoms with E-state index in [-0.39, 0.29) is 11.8 Å². The summed E-state index contributed by atoms with van der Waals surface area (Å²) in [4.78, 5) is 25.5. The maximum absolute atomic E-state index is 12.1. The highest BCUT2D eigenvalue weighted by atomic mass is 16.5. The second kappa shape index (κ2) is 5.64. The van der Waals surface area contributed by atoms with Crippen LogP contribution in [0, 0.1) is 0 Å². The van der Waals surface area contributed by atoms with Gasteiger partial charge in [0.15, 0.2) is 0 Å². The lowest BCUT2D eigenvalue weighted by molar-refractivity contribution is -0.139. The molecule has 2 unspecified atom stereocenters. The van der Waals surface area contributed by atoms with Crippen LogP contribution in [0.4, 0.5) is 0 Å². The maximum Gasteiger partial charge on any atom is 0.250 e. The molecular formula is C11H20N4O3. The summed E-state index contributed by atoms with van der Waals surface area (Å²) >= 11 is 0. The molecule has 1 heterocycles. The fraction of sp³-hybridized carbons (Fsp3) is 0.818. The third-order valence-electron chi connectivity index (χ3n) is 3.42. The number of hydrazine groups is 1. The molecule has 18 heavy (non-hydrogen) atoms. The fourth-order valence-electron chi connectivity index (χ4n) is 2.10. The van der Waals surface area contributed by atoms with E-state index in [1.807, 2.05) is 4.90 Å². The van der Waals surface area contributed by atoms with Crippen LogP contribution in [0.2, 0.25) is 0 Å². The summed E-state index contributed by atoms with van der Waals surface area (Å²) in [7, 11) is 0. The minimum atomic E-state index is -0.436. The van der Waals surface area contributed by atoms with Gasteiger partial charge in [0, 0.05) is 12.6 Å². The number of amides is 2. The lowest BCUT2D eigenvalue weighted by atomic mass is 10.1. The normalized spacial score (nSPS) is 26.4. The second-order valence-corrected chi connectivity index (χ2v) is 4.80. The first-order valence-electron chi connectivity index (χ1n) is 6.28. The van der Waals surface area contributed by atoms with Crippen LogP contribution in [-0.4, -0.2) is 54.6 Å². The lowest BCUT2D eigenvalue weighted by Crippen LogP contribution is -2.60. The zero-order valence-electron chi connectivity index (χ0n) is 10.5. The molecule has 2 amide bonds. The standard InChI is InChI=1S/C11H20N4O3/c1-7(10(16)14-12)15-4-5-18-6-9(15)11(17)13-8-2-3-8/h7-9H,2-6,12H2,1H3,(H,13,17)(H,14,16).